The zero-order chi connectivity index (χ0) is 11.2. The number of azide groups is 1. The Morgan fingerprint density at radius 1 is 1.06 bits per heavy atom. The highest BCUT2D eigenvalue weighted by Crippen LogP contribution is 2.30. The largest absolute Gasteiger partial charge is 0.371 e. The molecule has 0 amide bonds. The average Bonchev–Trinajstić information content (AvgIpc) is 2.59. The van der Waals surface area contributed by atoms with Crippen molar-refractivity contribution in [3.05, 3.63) is 34.7 Å². The second kappa shape index (κ2) is 5.42. The van der Waals surface area contributed by atoms with Crippen molar-refractivity contribution >= 4 is 11.4 Å². The molecule has 0 bridgehead atoms. The first-order valence-electron chi connectivity index (χ1n) is 5.81. The van der Waals surface area contributed by atoms with E-state index in [4.69, 9.17) is 5.53 Å². The van der Waals surface area contributed by atoms with Gasteiger partial charge in [0.15, 0.2) is 0 Å². The summed E-state index contributed by atoms with van der Waals surface area (Å²) in [4.78, 5) is 5.21. The van der Waals surface area contributed by atoms with Crippen LogP contribution in [0.2, 0.25) is 0 Å². The Morgan fingerprint density at radius 3 is 2.44 bits per heavy atom. The third-order valence-corrected chi connectivity index (χ3v) is 2.98. The van der Waals surface area contributed by atoms with Gasteiger partial charge in [0.05, 0.1) is 5.69 Å². The predicted molar refractivity (Wildman–Crippen MR) is 65.9 cm³/mol. The van der Waals surface area contributed by atoms with Gasteiger partial charge < -0.3 is 4.90 Å². The SMILES string of the molecule is [N-]=[N+]=Nc1ccccc1N1CCCCCC1. The van der Waals surface area contributed by atoms with Crippen LogP contribution in [0.5, 0.6) is 0 Å². The molecule has 1 aromatic rings. The Hall–Kier alpha value is -1.67. The van der Waals surface area contributed by atoms with E-state index in [0.29, 0.717) is 0 Å². The van der Waals surface area contributed by atoms with Gasteiger partial charge in [0, 0.05) is 23.7 Å². The van der Waals surface area contributed by atoms with Crippen LogP contribution in [0, 0.1) is 0 Å². The van der Waals surface area contributed by atoms with Gasteiger partial charge in [0.2, 0.25) is 0 Å². The van der Waals surface area contributed by atoms with Crippen LogP contribution >= 0.6 is 0 Å². The lowest BCUT2D eigenvalue weighted by atomic mass is 10.2. The molecule has 0 atom stereocenters. The summed E-state index contributed by atoms with van der Waals surface area (Å²) in [6.45, 7) is 2.13. The zero-order valence-corrected chi connectivity index (χ0v) is 9.34. The fourth-order valence-corrected chi connectivity index (χ4v) is 2.18. The number of para-hydroxylation sites is 1. The molecule has 0 radical (unpaired) electrons. The fourth-order valence-electron chi connectivity index (χ4n) is 2.18. The van der Waals surface area contributed by atoms with Crippen molar-refractivity contribution in [3.8, 4) is 0 Å². The third-order valence-electron chi connectivity index (χ3n) is 2.98. The second-order valence-electron chi connectivity index (χ2n) is 4.08. The minimum absolute atomic E-state index is 0.743. The molecule has 16 heavy (non-hydrogen) atoms. The van der Waals surface area contributed by atoms with Gasteiger partial charge in [-0.3, -0.25) is 0 Å². The Labute approximate surface area is 95.5 Å². The molecule has 1 aliphatic heterocycles. The van der Waals surface area contributed by atoms with Crippen molar-refractivity contribution < 1.29 is 0 Å². The number of rotatable bonds is 2. The number of anilines is 1. The van der Waals surface area contributed by atoms with E-state index >= 15 is 0 Å². The topological polar surface area (TPSA) is 52.0 Å². The highest BCUT2D eigenvalue weighted by molar-refractivity contribution is 5.66. The molecule has 1 saturated heterocycles. The Morgan fingerprint density at radius 2 is 1.75 bits per heavy atom. The molecule has 0 unspecified atom stereocenters. The molecule has 4 heteroatoms. The van der Waals surface area contributed by atoms with Crippen molar-refractivity contribution in [1.82, 2.24) is 0 Å². The zero-order valence-electron chi connectivity index (χ0n) is 9.34. The lowest BCUT2D eigenvalue weighted by Crippen LogP contribution is -2.23. The van der Waals surface area contributed by atoms with E-state index in [9.17, 15) is 0 Å². The van der Waals surface area contributed by atoms with Crippen molar-refractivity contribution in [2.75, 3.05) is 18.0 Å². The molecule has 0 spiro atoms. The van der Waals surface area contributed by atoms with Crippen LogP contribution in [-0.4, -0.2) is 13.1 Å². The molecule has 0 N–H and O–H groups in total. The van der Waals surface area contributed by atoms with Gasteiger partial charge in [0.25, 0.3) is 0 Å². The van der Waals surface area contributed by atoms with Crippen LogP contribution in [0.25, 0.3) is 10.4 Å². The van der Waals surface area contributed by atoms with Crippen molar-refractivity contribution in [3.63, 3.8) is 0 Å². The summed E-state index contributed by atoms with van der Waals surface area (Å²) < 4.78 is 0. The average molecular weight is 216 g/mol. The summed E-state index contributed by atoms with van der Waals surface area (Å²) in [5.41, 5.74) is 10.4. The van der Waals surface area contributed by atoms with E-state index in [-0.39, 0.29) is 0 Å². The summed E-state index contributed by atoms with van der Waals surface area (Å²) in [7, 11) is 0. The number of nitrogens with zero attached hydrogens (tertiary/aromatic N) is 4. The first-order chi connectivity index (χ1) is 7.92. The molecular formula is C12H16N4. The molecule has 1 heterocycles. The summed E-state index contributed by atoms with van der Waals surface area (Å²) in [5.74, 6) is 0. The number of hydrogen-bond acceptors (Lipinski definition) is 2. The molecule has 0 aliphatic carbocycles. The van der Waals surface area contributed by atoms with Crippen LogP contribution < -0.4 is 4.90 Å². The van der Waals surface area contributed by atoms with Gasteiger partial charge in [-0.15, -0.1) is 0 Å². The molecule has 4 nitrogen and oxygen atoms in total. The molecular weight excluding hydrogens is 200 g/mol. The molecule has 1 aliphatic rings. The Kier molecular flexibility index (Phi) is 3.67. The first-order valence-corrected chi connectivity index (χ1v) is 5.81. The van der Waals surface area contributed by atoms with Crippen LogP contribution in [0.15, 0.2) is 29.4 Å². The van der Waals surface area contributed by atoms with Crippen molar-refractivity contribution in [2.45, 2.75) is 25.7 Å². The fraction of sp³-hybridized carbons (Fsp3) is 0.500. The number of hydrogen-bond donors (Lipinski definition) is 0. The second-order valence-corrected chi connectivity index (χ2v) is 4.08. The lowest BCUT2D eigenvalue weighted by molar-refractivity contribution is 0.726. The summed E-state index contributed by atoms with van der Waals surface area (Å²) in [6.07, 6.45) is 5.07. The summed E-state index contributed by atoms with van der Waals surface area (Å²) in [6, 6.07) is 7.82. The monoisotopic (exact) mass is 216 g/mol. The minimum atomic E-state index is 0.743. The van der Waals surface area contributed by atoms with E-state index in [1.54, 1.807) is 0 Å². The van der Waals surface area contributed by atoms with E-state index in [1.807, 2.05) is 24.3 Å². The molecule has 1 aromatic carbocycles. The minimum Gasteiger partial charge on any atom is -0.371 e. The highest BCUT2D eigenvalue weighted by atomic mass is 15.2. The summed E-state index contributed by atoms with van der Waals surface area (Å²) >= 11 is 0. The van der Waals surface area contributed by atoms with Gasteiger partial charge in [-0.25, -0.2) is 0 Å². The van der Waals surface area contributed by atoms with E-state index < -0.39 is 0 Å². The van der Waals surface area contributed by atoms with Gasteiger partial charge in [-0.2, -0.15) is 0 Å². The van der Waals surface area contributed by atoms with Gasteiger partial charge in [0.1, 0.15) is 0 Å². The van der Waals surface area contributed by atoms with Gasteiger partial charge in [-0.05, 0) is 24.4 Å². The maximum Gasteiger partial charge on any atom is 0.0609 e. The van der Waals surface area contributed by atoms with Crippen molar-refractivity contribution in [2.24, 2.45) is 5.11 Å². The van der Waals surface area contributed by atoms with Gasteiger partial charge in [-0.1, -0.05) is 36.2 Å². The van der Waals surface area contributed by atoms with Gasteiger partial charge >= 0.3 is 0 Å². The normalized spacial score (nSPS) is 16.4. The molecule has 0 aromatic heterocycles. The molecule has 0 saturated carbocycles. The maximum absolute atomic E-state index is 8.54. The van der Waals surface area contributed by atoms with Crippen LogP contribution in [0.3, 0.4) is 0 Å². The van der Waals surface area contributed by atoms with E-state index in [1.165, 1.54) is 25.7 Å². The third kappa shape index (κ3) is 2.47. The standard InChI is InChI=1S/C12H16N4/c13-15-14-11-7-3-4-8-12(11)16-9-5-1-2-6-10-16/h3-4,7-8H,1-2,5-6,9-10H2. The Balaban J connectivity index is 2.26. The molecule has 2 rings (SSSR count). The van der Waals surface area contributed by atoms with E-state index in [2.05, 4.69) is 14.9 Å². The Bertz CT molecular complexity index is 388. The number of benzene rings is 1. The quantitative estimate of drug-likeness (QED) is 0.418. The highest BCUT2D eigenvalue weighted by Gasteiger charge is 2.11. The van der Waals surface area contributed by atoms with Crippen LogP contribution in [-0.2, 0) is 0 Å². The maximum atomic E-state index is 8.54. The van der Waals surface area contributed by atoms with Crippen molar-refractivity contribution in [1.29, 1.82) is 0 Å². The molecule has 1 fully saturated rings. The van der Waals surface area contributed by atoms with E-state index in [0.717, 1.165) is 24.5 Å². The molecule has 84 valence electrons. The predicted octanol–water partition coefficient (Wildman–Crippen LogP) is 4.01. The lowest BCUT2D eigenvalue weighted by Gasteiger charge is -2.24. The summed E-state index contributed by atoms with van der Waals surface area (Å²) in [5, 5.41) is 3.75. The first kappa shape index (κ1) is 10.8. The van der Waals surface area contributed by atoms with Crippen LogP contribution in [0.4, 0.5) is 11.4 Å². The smallest absolute Gasteiger partial charge is 0.0609 e. The van der Waals surface area contributed by atoms with Crippen LogP contribution in [0.1, 0.15) is 25.7 Å².